The lowest BCUT2D eigenvalue weighted by atomic mass is 10.2. The second kappa shape index (κ2) is 5.37. The number of aryl methyl sites for hydroxylation is 1. The topological polar surface area (TPSA) is 96.2 Å². The van der Waals surface area contributed by atoms with Crippen LogP contribution in [0.15, 0.2) is 35.6 Å². The third-order valence-electron chi connectivity index (χ3n) is 3.01. The number of carbonyl (C=O) groups excluding carboxylic acids is 1. The van der Waals surface area contributed by atoms with Gasteiger partial charge in [-0.1, -0.05) is 29.5 Å². The molecule has 0 radical (unpaired) electrons. The number of fused-ring (bicyclic) bond motifs is 1. The number of nitrogens with one attached hydrogen (secondary N) is 2. The van der Waals surface area contributed by atoms with E-state index in [2.05, 4.69) is 20.5 Å². The molecule has 0 saturated carbocycles. The second-order valence-corrected chi connectivity index (χ2v) is 5.49. The lowest BCUT2D eigenvalue weighted by molar-refractivity contribution is 0.0958. The maximum atomic E-state index is 12.0. The molecule has 7 heteroatoms. The van der Waals surface area contributed by atoms with Crippen molar-refractivity contribution in [2.24, 2.45) is 5.10 Å². The van der Waals surface area contributed by atoms with Gasteiger partial charge in [0.25, 0.3) is 5.91 Å². The summed E-state index contributed by atoms with van der Waals surface area (Å²) in [6, 6.07) is 7.88. The number of aromatic nitrogens is 2. The normalized spacial score (nSPS) is 11.3. The minimum Gasteiger partial charge on any atom is -0.375 e. The molecule has 3 rings (SSSR count). The number of aromatic amines is 1. The summed E-state index contributed by atoms with van der Waals surface area (Å²) in [5.41, 5.74) is 10.6. The molecule has 2 heterocycles. The Balaban J connectivity index is 1.75. The molecule has 106 valence electrons. The Hall–Kier alpha value is -2.67. The number of rotatable bonds is 3. The van der Waals surface area contributed by atoms with Crippen LogP contribution in [0.25, 0.3) is 10.9 Å². The second-order valence-electron chi connectivity index (χ2n) is 4.46. The highest BCUT2D eigenvalue weighted by molar-refractivity contribution is 7.17. The number of anilines is 1. The summed E-state index contributed by atoms with van der Waals surface area (Å²) >= 11 is 1.15. The van der Waals surface area contributed by atoms with Gasteiger partial charge in [0.15, 0.2) is 5.13 Å². The molecule has 4 N–H and O–H groups in total. The molecule has 0 bridgehead atoms. The van der Waals surface area contributed by atoms with Gasteiger partial charge in [-0.25, -0.2) is 10.4 Å². The van der Waals surface area contributed by atoms with Crippen molar-refractivity contribution < 1.29 is 4.79 Å². The zero-order valence-electron chi connectivity index (χ0n) is 11.3. The largest absolute Gasteiger partial charge is 0.375 e. The smallest absolute Gasteiger partial charge is 0.283 e. The Bertz CT molecular complexity index is 833. The maximum absolute atomic E-state index is 12.0. The number of hydrogen-bond acceptors (Lipinski definition) is 5. The number of nitrogens with zero attached hydrogens (tertiary/aromatic N) is 2. The van der Waals surface area contributed by atoms with E-state index in [0.717, 1.165) is 27.8 Å². The Morgan fingerprint density at radius 2 is 2.29 bits per heavy atom. The molecule has 0 spiro atoms. The van der Waals surface area contributed by atoms with E-state index in [-0.39, 0.29) is 5.91 Å². The number of benzene rings is 1. The summed E-state index contributed by atoms with van der Waals surface area (Å²) in [7, 11) is 0. The maximum Gasteiger partial charge on any atom is 0.283 e. The first-order valence-electron chi connectivity index (χ1n) is 6.27. The van der Waals surface area contributed by atoms with Crippen LogP contribution >= 0.6 is 11.3 Å². The van der Waals surface area contributed by atoms with E-state index in [4.69, 9.17) is 5.73 Å². The monoisotopic (exact) mass is 299 g/mol. The Morgan fingerprint density at radius 3 is 3.05 bits per heavy atom. The SMILES string of the molecule is Cc1nc(N)sc1C(=O)NN=Cc1c[nH]c2ccccc12. The molecular formula is C14H13N5OS. The van der Waals surface area contributed by atoms with Crippen LogP contribution in [0.4, 0.5) is 5.13 Å². The number of thiazole rings is 1. The molecule has 0 saturated heterocycles. The Labute approximate surface area is 124 Å². The quantitative estimate of drug-likeness (QED) is 0.511. The summed E-state index contributed by atoms with van der Waals surface area (Å²) in [5.74, 6) is -0.308. The summed E-state index contributed by atoms with van der Waals surface area (Å²) < 4.78 is 0. The van der Waals surface area contributed by atoms with Crippen molar-refractivity contribution in [3.8, 4) is 0 Å². The van der Waals surface area contributed by atoms with Crippen molar-refractivity contribution in [2.45, 2.75) is 6.92 Å². The molecule has 0 aliphatic rings. The molecular weight excluding hydrogens is 286 g/mol. The van der Waals surface area contributed by atoms with Gasteiger partial charge in [-0.05, 0) is 13.0 Å². The average Bonchev–Trinajstić information content (AvgIpc) is 3.02. The molecule has 3 aromatic rings. The first-order valence-corrected chi connectivity index (χ1v) is 7.09. The van der Waals surface area contributed by atoms with Crippen molar-refractivity contribution >= 4 is 39.5 Å². The molecule has 1 amide bonds. The Morgan fingerprint density at radius 1 is 1.48 bits per heavy atom. The van der Waals surface area contributed by atoms with Crippen LogP contribution in [0.3, 0.4) is 0 Å². The molecule has 2 aromatic heterocycles. The molecule has 0 unspecified atom stereocenters. The Kier molecular flexibility index (Phi) is 3.41. The van der Waals surface area contributed by atoms with Crippen LogP contribution in [0.1, 0.15) is 20.9 Å². The molecule has 0 aliphatic carbocycles. The van der Waals surface area contributed by atoms with Gasteiger partial charge >= 0.3 is 0 Å². The third-order valence-corrected chi connectivity index (χ3v) is 4.00. The number of amides is 1. The van der Waals surface area contributed by atoms with Crippen molar-refractivity contribution in [3.05, 3.63) is 46.6 Å². The first-order chi connectivity index (χ1) is 10.1. The zero-order chi connectivity index (χ0) is 14.8. The predicted octanol–water partition coefficient (Wildman–Crippen LogP) is 2.28. The summed E-state index contributed by atoms with van der Waals surface area (Å²) in [6.07, 6.45) is 3.45. The fraction of sp³-hybridized carbons (Fsp3) is 0.0714. The van der Waals surface area contributed by atoms with Crippen LogP contribution in [0, 0.1) is 6.92 Å². The van der Waals surface area contributed by atoms with E-state index in [0.29, 0.717) is 15.7 Å². The minimum absolute atomic E-state index is 0.308. The van der Waals surface area contributed by atoms with E-state index in [1.807, 2.05) is 30.5 Å². The van der Waals surface area contributed by atoms with Gasteiger partial charge in [-0.2, -0.15) is 5.10 Å². The van der Waals surface area contributed by atoms with Crippen molar-refractivity contribution in [3.63, 3.8) is 0 Å². The zero-order valence-corrected chi connectivity index (χ0v) is 12.1. The van der Waals surface area contributed by atoms with Gasteiger partial charge in [0, 0.05) is 22.7 Å². The standard InChI is InChI=1S/C14H13N5OS/c1-8-12(21-14(15)18-8)13(20)19-17-7-9-6-16-11-5-3-2-4-10(9)11/h2-7,16H,1H3,(H2,15,18)(H,19,20). The van der Waals surface area contributed by atoms with Gasteiger partial charge in [0.2, 0.25) is 0 Å². The van der Waals surface area contributed by atoms with Crippen molar-refractivity contribution in [1.82, 2.24) is 15.4 Å². The highest BCUT2D eigenvalue weighted by Gasteiger charge is 2.13. The van der Waals surface area contributed by atoms with Gasteiger partial charge < -0.3 is 10.7 Å². The van der Waals surface area contributed by atoms with Crippen LogP contribution in [0.2, 0.25) is 0 Å². The van der Waals surface area contributed by atoms with Crippen LogP contribution in [0.5, 0.6) is 0 Å². The molecule has 6 nitrogen and oxygen atoms in total. The third kappa shape index (κ3) is 2.63. The highest BCUT2D eigenvalue weighted by atomic mass is 32.1. The molecule has 0 aliphatic heterocycles. The minimum atomic E-state index is -0.308. The summed E-state index contributed by atoms with van der Waals surface area (Å²) in [4.78, 5) is 19.6. The number of H-pyrrole nitrogens is 1. The fourth-order valence-electron chi connectivity index (χ4n) is 2.04. The summed E-state index contributed by atoms with van der Waals surface area (Å²) in [5, 5.41) is 5.41. The number of hydrazone groups is 1. The van der Waals surface area contributed by atoms with Crippen molar-refractivity contribution in [2.75, 3.05) is 5.73 Å². The van der Waals surface area contributed by atoms with Crippen LogP contribution < -0.4 is 11.2 Å². The fourth-order valence-corrected chi connectivity index (χ4v) is 2.76. The molecule has 0 fully saturated rings. The van der Waals surface area contributed by atoms with Gasteiger partial charge in [0.05, 0.1) is 11.9 Å². The number of para-hydroxylation sites is 1. The van der Waals surface area contributed by atoms with Gasteiger partial charge in [0.1, 0.15) is 4.88 Å². The first kappa shape index (κ1) is 13.3. The van der Waals surface area contributed by atoms with Crippen molar-refractivity contribution in [1.29, 1.82) is 0 Å². The highest BCUT2D eigenvalue weighted by Crippen LogP contribution is 2.19. The van der Waals surface area contributed by atoms with Gasteiger partial charge in [-0.15, -0.1) is 0 Å². The summed E-state index contributed by atoms with van der Waals surface area (Å²) in [6.45, 7) is 1.74. The lowest BCUT2D eigenvalue weighted by Gasteiger charge is -1.96. The number of nitrogens with two attached hydrogens (primary N) is 1. The van der Waals surface area contributed by atoms with E-state index < -0.39 is 0 Å². The molecule has 21 heavy (non-hydrogen) atoms. The number of carbonyl (C=O) groups is 1. The molecule has 1 aromatic carbocycles. The van der Waals surface area contributed by atoms with E-state index >= 15 is 0 Å². The van der Waals surface area contributed by atoms with Gasteiger partial charge in [-0.3, -0.25) is 4.79 Å². The van der Waals surface area contributed by atoms with Crippen LogP contribution in [-0.4, -0.2) is 22.1 Å². The number of nitrogen functional groups attached to an aromatic ring is 1. The predicted molar refractivity (Wildman–Crippen MR) is 84.6 cm³/mol. The van der Waals surface area contributed by atoms with E-state index in [1.165, 1.54) is 0 Å². The van der Waals surface area contributed by atoms with E-state index in [1.54, 1.807) is 13.1 Å². The van der Waals surface area contributed by atoms with E-state index in [9.17, 15) is 4.79 Å². The average molecular weight is 299 g/mol. The molecule has 0 atom stereocenters. The lowest BCUT2D eigenvalue weighted by Crippen LogP contribution is -2.17. The number of hydrogen-bond donors (Lipinski definition) is 3. The van der Waals surface area contributed by atoms with Crippen LogP contribution in [-0.2, 0) is 0 Å².